The molecule has 1 aromatic rings. The molecule has 0 saturated carbocycles. The minimum Gasteiger partial charge on any atom is -0.392 e. The smallest absolute Gasteiger partial charge is 0.229 e. The topological polar surface area (TPSA) is 92.2 Å². The van der Waals surface area contributed by atoms with Crippen LogP contribution in [0.15, 0.2) is 4.52 Å². The monoisotopic (exact) mass is 239 g/mol. The molecule has 2 unspecified atom stereocenters. The van der Waals surface area contributed by atoms with Crippen LogP contribution < -0.4 is 0 Å². The number of ether oxygens (including phenoxy) is 1. The summed E-state index contributed by atoms with van der Waals surface area (Å²) < 4.78 is 10.4. The Morgan fingerprint density at radius 1 is 1.65 bits per heavy atom. The number of rotatable bonds is 6. The molecule has 94 valence electrons. The fourth-order valence-electron chi connectivity index (χ4n) is 1.33. The molecule has 0 spiro atoms. The Hall–Kier alpha value is -1.45. The predicted molar refractivity (Wildman–Crippen MR) is 58.9 cm³/mol. The van der Waals surface area contributed by atoms with Gasteiger partial charge in [0.05, 0.1) is 25.0 Å². The SMILES string of the molecule is CCC(C)(OC)c1noc(CC(O)CC#N)n1. The standard InChI is InChI=1S/C11H17N3O3/c1-4-11(2,16-3)10-13-9(17-14-10)7-8(15)5-6-12/h8,15H,4-5,7H2,1-3H3. The molecule has 0 aliphatic carbocycles. The van der Waals surface area contributed by atoms with Crippen molar-refractivity contribution in [3.63, 3.8) is 0 Å². The highest BCUT2D eigenvalue weighted by Gasteiger charge is 2.30. The highest BCUT2D eigenvalue weighted by Crippen LogP contribution is 2.25. The van der Waals surface area contributed by atoms with Crippen molar-refractivity contribution >= 4 is 0 Å². The molecule has 17 heavy (non-hydrogen) atoms. The minimum atomic E-state index is -0.774. The van der Waals surface area contributed by atoms with Crippen LogP contribution in [0, 0.1) is 11.3 Å². The number of aliphatic hydroxyl groups is 1. The zero-order valence-corrected chi connectivity index (χ0v) is 10.3. The lowest BCUT2D eigenvalue weighted by atomic mass is 10.0. The van der Waals surface area contributed by atoms with Crippen LogP contribution in [0.1, 0.15) is 38.4 Å². The van der Waals surface area contributed by atoms with E-state index in [2.05, 4.69) is 10.1 Å². The Morgan fingerprint density at radius 2 is 2.35 bits per heavy atom. The van der Waals surface area contributed by atoms with Gasteiger partial charge in [0.15, 0.2) is 0 Å². The molecule has 0 aliphatic rings. The number of nitrogens with zero attached hydrogens (tertiary/aromatic N) is 3. The molecule has 6 heteroatoms. The van der Waals surface area contributed by atoms with Crippen molar-refractivity contribution in [1.29, 1.82) is 5.26 Å². The quantitative estimate of drug-likeness (QED) is 0.800. The van der Waals surface area contributed by atoms with Crippen molar-refractivity contribution in [1.82, 2.24) is 10.1 Å². The molecule has 0 fully saturated rings. The lowest BCUT2D eigenvalue weighted by Gasteiger charge is -2.21. The van der Waals surface area contributed by atoms with Gasteiger partial charge in [-0.25, -0.2) is 0 Å². The van der Waals surface area contributed by atoms with Gasteiger partial charge in [0.1, 0.15) is 5.60 Å². The molecule has 2 atom stereocenters. The fraction of sp³-hybridized carbons (Fsp3) is 0.727. The first-order chi connectivity index (χ1) is 8.05. The van der Waals surface area contributed by atoms with E-state index in [1.54, 1.807) is 7.11 Å². The molecule has 1 aromatic heterocycles. The average Bonchev–Trinajstić information content (AvgIpc) is 2.77. The summed E-state index contributed by atoms with van der Waals surface area (Å²) >= 11 is 0. The van der Waals surface area contributed by atoms with Gasteiger partial charge in [-0.05, 0) is 13.3 Å². The summed E-state index contributed by atoms with van der Waals surface area (Å²) in [7, 11) is 1.59. The number of methoxy groups -OCH3 is 1. The number of aromatic nitrogens is 2. The van der Waals surface area contributed by atoms with E-state index in [0.717, 1.165) is 0 Å². The van der Waals surface area contributed by atoms with E-state index in [9.17, 15) is 5.11 Å². The van der Waals surface area contributed by atoms with E-state index in [4.69, 9.17) is 14.5 Å². The highest BCUT2D eigenvalue weighted by molar-refractivity contribution is 4.99. The van der Waals surface area contributed by atoms with Gasteiger partial charge in [-0.3, -0.25) is 0 Å². The largest absolute Gasteiger partial charge is 0.392 e. The first kappa shape index (κ1) is 13.6. The van der Waals surface area contributed by atoms with Crippen LogP contribution in [0.5, 0.6) is 0 Å². The van der Waals surface area contributed by atoms with Gasteiger partial charge in [-0.1, -0.05) is 12.1 Å². The van der Waals surface area contributed by atoms with Crippen LogP contribution in [0.2, 0.25) is 0 Å². The number of aliphatic hydroxyl groups excluding tert-OH is 1. The molecule has 0 amide bonds. The van der Waals surface area contributed by atoms with Crippen molar-refractivity contribution in [3.8, 4) is 6.07 Å². The molecule has 0 bridgehead atoms. The summed E-state index contributed by atoms with van der Waals surface area (Å²) in [6.45, 7) is 3.83. The summed E-state index contributed by atoms with van der Waals surface area (Å²) in [5, 5.41) is 21.7. The first-order valence-electron chi connectivity index (χ1n) is 5.49. The van der Waals surface area contributed by atoms with E-state index in [-0.39, 0.29) is 12.8 Å². The Morgan fingerprint density at radius 3 is 2.88 bits per heavy atom. The van der Waals surface area contributed by atoms with E-state index in [1.165, 1.54) is 0 Å². The van der Waals surface area contributed by atoms with E-state index >= 15 is 0 Å². The zero-order valence-electron chi connectivity index (χ0n) is 10.3. The lowest BCUT2D eigenvalue weighted by molar-refractivity contribution is -0.0106. The van der Waals surface area contributed by atoms with Crippen LogP contribution >= 0.6 is 0 Å². The Kier molecular flexibility index (Phi) is 4.61. The van der Waals surface area contributed by atoms with Crippen LogP contribution in [0.25, 0.3) is 0 Å². The highest BCUT2D eigenvalue weighted by atomic mass is 16.5. The van der Waals surface area contributed by atoms with Gasteiger partial charge in [0, 0.05) is 7.11 Å². The average molecular weight is 239 g/mol. The van der Waals surface area contributed by atoms with E-state index in [0.29, 0.717) is 18.1 Å². The van der Waals surface area contributed by atoms with Gasteiger partial charge < -0.3 is 14.4 Å². The first-order valence-corrected chi connectivity index (χ1v) is 5.49. The number of hydrogen-bond donors (Lipinski definition) is 1. The van der Waals surface area contributed by atoms with E-state index in [1.807, 2.05) is 19.9 Å². The second-order valence-electron chi connectivity index (χ2n) is 4.02. The van der Waals surface area contributed by atoms with Crippen LogP contribution in [0.3, 0.4) is 0 Å². The molecule has 1 heterocycles. The molecular weight excluding hydrogens is 222 g/mol. The van der Waals surface area contributed by atoms with Crippen molar-refractivity contribution in [2.24, 2.45) is 0 Å². The van der Waals surface area contributed by atoms with Gasteiger partial charge in [-0.15, -0.1) is 0 Å². The van der Waals surface area contributed by atoms with Crippen molar-refractivity contribution in [2.75, 3.05) is 7.11 Å². The van der Waals surface area contributed by atoms with Crippen molar-refractivity contribution < 1.29 is 14.4 Å². The molecule has 6 nitrogen and oxygen atoms in total. The fourth-order valence-corrected chi connectivity index (χ4v) is 1.33. The Balaban J connectivity index is 2.75. The summed E-state index contributed by atoms with van der Waals surface area (Å²) in [6.07, 6.45) is 0.170. The summed E-state index contributed by atoms with van der Waals surface area (Å²) in [5.74, 6) is 0.779. The van der Waals surface area contributed by atoms with Crippen LogP contribution in [-0.4, -0.2) is 28.5 Å². The van der Waals surface area contributed by atoms with Gasteiger partial charge in [0.25, 0.3) is 0 Å². The third-order valence-corrected chi connectivity index (χ3v) is 2.80. The second kappa shape index (κ2) is 5.75. The molecule has 1 rings (SSSR count). The van der Waals surface area contributed by atoms with E-state index < -0.39 is 11.7 Å². The summed E-state index contributed by atoms with van der Waals surface area (Å²) in [6, 6.07) is 1.88. The van der Waals surface area contributed by atoms with Crippen molar-refractivity contribution in [3.05, 3.63) is 11.7 Å². The Bertz CT molecular complexity index is 393. The summed E-state index contributed by atoms with van der Waals surface area (Å²) in [4.78, 5) is 4.17. The van der Waals surface area contributed by atoms with Gasteiger partial charge >= 0.3 is 0 Å². The van der Waals surface area contributed by atoms with Gasteiger partial charge in [-0.2, -0.15) is 10.2 Å². The van der Waals surface area contributed by atoms with Crippen LogP contribution in [0.4, 0.5) is 0 Å². The third kappa shape index (κ3) is 3.25. The molecule has 0 radical (unpaired) electrons. The van der Waals surface area contributed by atoms with Crippen molar-refractivity contribution in [2.45, 2.75) is 44.8 Å². The Labute approximate surface area is 100 Å². The maximum absolute atomic E-state index is 9.45. The maximum Gasteiger partial charge on any atom is 0.229 e. The molecule has 0 aromatic carbocycles. The third-order valence-electron chi connectivity index (χ3n) is 2.80. The van der Waals surface area contributed by atoms with Crippen LogP contribution in [-0.2, 0) is 16.8 Å². The molecule has 0 saturated heterocycles. The molecular formula is C11H17N3O3. The maximum atomic E-state index is 9.45. The van der Waals surface area contributed by atoms with Gasteiger partial charge in [0.2, 0.25) is 11.7 Å². The lowest BCUT2D eigenvalue weighted by Crippen LogP contribution is -2.25. The minimum absolute atomic E-state index is 0.0486. The molecule has 0 aliphatic heterocycles. The molecule has 1 N–H and O–H groups in total. The normalized spacial score (nSPS) is 16.2. The summed E-state index contributed by atoms with van der Waals surface area (Å²) in [5.41, 5.74) is -0.581. The number of nitriles is 1. The predicted octanol–water partition coefficient (Wildman–Crippen LogP) is 1.16. The zero-order chi connectivity index (χ0) is 12.9. The number of hydrogen-bond acceptors (Lipinski definition) is 6. The second-order valence-corrected chi connectivity index (χ2v) is 4.02.